The maximum absolute atomic E-state index is 11.8. The predicted octanol–water partition coefficient (Wildman–Crippen LogP) is 2.33. The van der Waals surface area contributed by atoms with Gasteiger partial charge in [-0.25, -0.2) is 4.79 Å². The molecule has 98 valence electrons. The summed E-state index contributed by atoms with van der Waals surface area (Å²) >= 11 is 11.1. The van der Waals surface area contributed by atoms with Crippen LogP contribution >= 0.6 is 23.2 Å². The molecular formula is C12H13Cl2NO3. The molecule has 1 aromatic carbocycles. The number of hydrogen-bond acceptors (Lipinski definition) is 3. The number of nitrogens with one attached hydrogen (secondary N) is 1. The number of amides is 1. The number of ketones is 1. The zero-order valence-corrected chi connectivity index (χ0v) is 11.2. The first-order valence-electron chi connectivity index (χ1n) is 5.25. The van der Waals surface area contributed by atoms with E-state index in [4.69, 9.17) is 23.2 Å². The van der Waals surface area contributed by atoms with Gasteiger partial charge in [-0.3, -0.25) is 4.79 Å². The molecule has 0 aromatic heterocycles. The van der Waals surface area contributed by atoms with Crippen LogP contribution in [-0.2, 0) is 16.0 Å². The summed E-state index contributed by atoms with van der Waals surface area (Å²) in [5.41, 5.74) is 0.890. The standard InChI is InChI=1S/C12H13Cl2NO3/c1-18-12(17)15-9(10(16)11(13)14)7-8-5-3-2-4-6-8/h2-6,9,11H,7H2,1H3,(H,15,17)/t9-/m0/s1. The van der Waals surface area contributed by atoms with Gasteiger partial charge >= 0.3 is 6.09 Å². The first-order chi connectivity index (χ1) is 8.54. The van der Waals surface area contributed by atoms with Gasteiger partial charge in [0.1, 0.15) is 0 Å². The second-order valence-corrected chi connectivity index (χ2v) is 4.68. The van der Waals surface area contributed by atoms with Crippen molar-refractivity contribution in [2.45, 2.75) is 17.3 Å². The van der Waals surface area contributed by atoms with Crippen molar-refractivity contribution in [2.24, 2.45) is 0 Å². The maximum atomic E-state index is 11.8. The third-order valence-corrected chi connectivity index (χ3v) is 2.75. The Morgan fingerprint density at radius 3 is 2.39 bits per heavy atom. The van der Waals surface area contributed by atoms with E-state index >= 15 is 0 Å². The molecule has 0 aliphatic heterocycles. The monoisotopic (exact) mass is 289 g/mol. The number of Topliss-reactive ketones (excluding diaryl/α,β-unsaturated/α-hetero) is 1. The number of benzene rings is 1. The number of halogens is 2. The molecule has 0 heterocycles. The highest BCUT2D eigenvalue weighted by Gasteiger charge is 2.26. The van der Waals surface area contributed by atoms with Crippen LogP contribution in [0, 0.1) is 0 Å². The highest BCUT2D eigenvalue weighted by molar-refractivity contribution is 6.54. The molecule has 0 unspecified atom stereocenters. The van der Waals surface area contributed by atoms with E-state index in [0.29, 0.717) is 6.42 Å². The van der Waals surface area contributed by atoms with Gasteiger partial charge in [-0.15, -0.1) is 0 Å². The molecule has 0 bridgehead atoms. The first-order valence-corrected chi connectivity index (χ1v) is 6.12. The van der Waals surface area contributed by atoms with Gasteiger partial charge in [0.15, 0.2) is 10.6 Å². The Hall–Kier alpha value is -1.26. The van der Waals surface area contributed by atoms with Gasteiger partial charge in [0.2, 0.25) is 0 Å². The summed E-state index contributed by atoms with van der Waals surface area (Å²) < 4.78 is 4.46. The van der Waals surface area contributed by atoms with Gasteiger partial charge in [0.05, 0.1) is 13.2 Å². The van der Waals surface area contributed by atoms with Crippen molar-refractivity contribution in [1.29, 1.82) is 0 Å². The predicted molar refractivity (Wildman–Crippen MR) is 70.0 cm³/mol. The van der Waals surface area contributed by atoms with Crippen LogP contribution in [0.25, 0.3) is 0 Å². The molecule has 1 N–H and O–H groups in total. The van der Waals surface area contributed by atoms with E-state index in [1.165, 1.54) is 7.11 Å². The van der Waals surface area contributed by atoms with Crippen LogP contribution in [0.2, 0.25) is 0 Å². The molecule has 0 aliphatic carbocycles. The Balaban J connectivity index is 2.77. The van der Waals surface area contributed by atoms with E-state index in [1.54, 1.807) is 0 Å². The minimum absolute atomic E-state index is 0.310. The summed E-state index contributed by atoms with van der Waals surface area (Å²) in [5, 5.41) is 2.42. The van der Waals surface area contributed by atoms with E-state index in [-0.39, 0.29) is 0 Å². The maximum Gasteiger partial charge on any atom is 0.407 e. The smallest absolute Gasteiger partial charge is 0.407 e. The highest BCUT2D eigenvalue weighted by Crippen LogP contribution is 2.11. The number of carbonyl (C=O) groups is 2. The number of rotatable bonds is 5. The zero-order valence-electron chi connectivity index (χ0n) is 9.73. The van der Waals surface area contributed by atoms with Crippen molar-refractivity contribution in [3.63, 3.8) is 0 Å². The van der Waals surface area contributed by atoms with E-state index in [0.717, 1.165) is 5.56 Å². The molecule has 0 saturated carbocycles. The Bertz CT molecular complexity index is 409. The van der Waals surface area contributed by atoms with Gasteiger partial charge < -0.3 is 10.1 Å². The molecule has 18 heavy (non-hydrogen) atoms. The Kier molecular flexibility index (Phi) is 5.95. The molecule has 0 radical (unpaired) electrons. The summed E-state index contributed by atoms with van der Waals surface area (Å²) in [6.07, 6.45) is -0.386. The van der Waals surface area contributed by atoms with Crippen molar-refractivity contribution in [2.75, 3.05) is 7.11 Å². The quantitative estimate of drug-likeness (QED) is 0.847. The lowest BCUT2D eigenvalue weighted by Gasteiger charge is -2.17. The molecule has 1 atom stereocenters. The van der Waals surface area contributed by atoms with Crippen LogP contribution in [0.5, 0.6) is 0 Å². The summed E-state index contributed by atoms with van der Waals surface area (Å²) in [5.74, 6) is -0.465. The van der Waals surface area contributed by atoms with Crippen molar-refractivity contribution < 1.29 is 14.3 Å². The van der Waals surface area contributed by atoms with Crippen molar-refractivity contribution >= 4 is 35.1 Å². The lowest BCUT2D eigenvalue weighted by atomic mass is 10.0. The third kappa shape index (κ3) is 4.55. The average molecular weight is 290 g/mol. The number of methoxy groups -OCH3 is 1. The van der Waals surface area contributed by atoms with E-state index < -0.39 is 22.8 Å². The molecule has 4 nitrogen and oxygen atoms in total. The largest absolute Gasteiger partial charge is 0.453 e. The van der Waals surface area contributed by atoms with Gasteiger partial charge in [0, 0.05) is 0 Å². The van der Waals surface area contributed by atoms with Gasteiger partial charge in [-0.1, -0.05) is 53.5 Å². The van der Waals surface area contributed by atoms with Gasteiger partial charge in [-0.05, 0) is 12.0 Å². The minimum atomic E-state index is -1.18. The van der Waals surface area contributed by atoms with Crippen molar-refractivity contribution in [3.05, 3.63) is 35.9 Å². The summed E-state index contributed by atoms with van der Waals surface area (Å²) in [7, 11) is 1.22. The topological polar surface area (TPSA) is 55.4 Å². The average Bonchev–Trinajstić information content (AvgIpc) is 2.38. The summed E-state index contributed by atoms with van der Waals surface area (Å²) in [6, 6.07) is 8.43. The molecule has 0 saturated heterocycles. The molecule has 0 spiro atoms. The first kappa shape index (κ1) is 14.8. The van der Waals surface area contributed by atoms with Crippen molar-refractivity contribution in [3.8, 4) is 0 Å². The fraction of sp³-hybridized carbons (Fsp3) is 0.333. The van der Waals surface area contributed by atoms with Crippen molar-refractivity contribution in [1.82, 2.24) is 5.32 Å². The SMILES string of the molecule is COC(=O)N[C@@H](Cc1ccccc1)C(=O)C(Cl)Cl. The summed E-state index contributed by atoms with van der Waals surface area (Å²) in [4.78, 5) is 21.7. The van der Waals surface area contributed by atoms with Gasteiger partial charge in [0.25, 0.3) is 0 Å². The Morgan fingerprint density at radius 1 is 1.28 bits per heavy atom. The number of ether oxygens (including phenoxy) is 1. The fourth-order valence-electron chi connectivity index (χ4n) is 1.43. The molecule has 6 heteroatoms. The zero-order chi connectivity index (χ0) is 13.5. The van der Waals surface area contributed by atoms with Crippen LogP contribution in [0.1, 0.15) is 5.56 Å². The van der Waals surface area contributed by atoms with E-state index in [1.807, 2.05) is 30.3 Å². The normalized spacial score (nSPS) is 12.0. The van der Waals surface area contributed by atoms with Gasteiger partial charge in [-0.2, -0.15) is 0 Å². The Labute approximate surface area is 115 Å². The number of hydrogen-bond donors (Lipinski definition) is 1. The number of alkyl carbamates (subject to hydrolysis) is 1. The van der Waals surface area contributed by atoms with Crippen LogP contribution < -0.4 is 5.32 Å². The van der Waals surface area contributed by atoms with E-state index in [2.05, 4.69) is 10.1 Å². The van der Waals surface area contributed by atoms with Crippen LogP contribution in [0.3, 0.4) is 0 Å². The lowest BCUT2D eigenvalue weighted by molar-refractivity contribution is -0.119. The van der Waals surface area contributed by atoms with Crippen LogP contribution in [0.4, 0.5) is 4.79 Å². The molecule has 1 rings (SSSR count). The second-order valence-electron chi connectivity index (χ2n) is 3.58. The van der Waals surface area contributed by atoms with Crippen LogP contribution in [0.15, 0.2) is 30.3 Å². The molecule has 1 aromatic rings. The van der Waals surface area contributed by atoms with Crippen LogP contribution in [-0.4, -0.2) is 29.9 Å². The third-order valence-electron chi connectivity index (χ3n) is 2.32. The fourth-order valence-corrected chi connectivity index (χ4v) is 1.73. The lowest BCUT2D eigenvalue weighted by Crippen LogP contribution is -2.44. The Morgan fingerprint density at radius 2 is 1.89 bits per heavy atom. The number of alkyl halides is 2. The molecule has 1 amide bonds. The second kappa shape index (κ2) is 7.24. The van der Waals surface area contributed by atoms with E-state index in [9.17, 15) is 9.59 Å². The molecule has 0 fully saturated rings. The number of carbonyl (C=O) groups excluding carboxylic acids is 2. The molecular weight excluding hydrogens is 277 g/mol. The minimum Gasteiger partial charge on any atom is -0.453 e. The molecule has 0 aliphatic rings. The highest BCUT2D eigenvalue weighted by atomic mass is 35.5. The summed E-state index contributed by atoms with van der Waals surface area (Å²) in [6.45, 7) is 0.